The Balaban J connectivity index is 2.85. The number of rotatable bonds is 3. The monoisotopic (exact) mass is 257 g/mol. The molecule has 2 N–H and O–H groups in total. The van der Waals surface area contributed by atoms with Crippen molar-refractivity contribution in [3.63, 3.8) is 0 Å². The van der Waals surface area contributed by atoms with Crippen LogP contribution >= 0.6 is 15.9 Å². The molecule has 3 heteroatoms. The molecule has 0 aromatic heterocycles. The lowest BCUT2D eigenvalue weighted by Crippen LogP contribution is -2.21. The van der Waals surface area contributed by atoms with Crippen molar-refractivity contribution in [2.45, 2.75) is 33.4 Å². The van der Waals surface area contributed by atoms with Gasteiger partial charge < -0.3 is 10.4 Å². The van der Waals surface area contributed by atoms with E-state index in [-0.39, 0.29) is 0 Å². The SMILES string of the molecule is Cc1cc(Br)c(O)c(CNC(C)C)c1. The largest absolute Gasteiger partial charge is 0.506 e. The molecule has 0 atom stereocenters. The molecule has 0 heterocycles. The van der Waals surface area contributed by atoms with E-state index in [9.17, 15) is 5.11 Å². The second-order valence-electron chi connectivity index (χ2n) is 3.79. The van der Waals surface area contributed by atoms with Gasteiger partial charge in [0.05, 0.1) is 4.47 Å². The molecule has 0 saturated carbocycles. The number of benzene rings is 1. The van der Waals surface area contributed by atoms with E-state index in [1.807, 2.05) is 19.1 Å². The normalized spacial score (nSPS) is 10.9. The number of phenols is 1. The molecule has 78 valence electrons. The fourth-order valence-electron chi connectivity index (χ4n) is 1.26. The van der Waals surface area contributed by atoms with Crippen LogP contribution in [0.1, 0.15) is 25.0 Å². The minimum Gasteiger partial charge on any atom is -0.506 e. The van der Waals surface area contributed by atoms with Crippen LogP contribution in [0.2, 0.25) is 0 Å². The highest BCUT2D eigenvalue weighted by molar-refractivity contribution is 9.10. The molecule has 0 aliphatic heterocycles. The van der Waals surface area contributed by atoms with Crippen LogP contribution in [0.15, 0.2) is 16.6 Å². The van der Waals surface area contributed by atoms with E-state index in [1.54, 1.807) is 0 Å². The summed E-state index contributed by atoms with van der Waals surface area (Å²) in [5.74, 6) is 0.337. The highest BCUT2D eigenvalue weighted by Gasteiger charge is 2.06. The van der Waals surface area contributed by atoms with Crippen molar-refractivity contribution in [3.05, 3.63) is 27.7 Å². The van der Waals surface area contributed by atoms with Crippen LogP contribution in [0.25, 0.3) is 0 Å². The first-order valence-electron chi connectivity index (χ1n) is 4.72. The first kappa shape index (κ1) is 11.5. The van der Waals surface area contributed by atoms with Crippen LogP contribution in [0.5, 0.6) is 5.75 Å². The maximum absolute atomic E-state index is 9.75. The molecule has 0 aliphatic carbocycles. The van der Waals surface area contributed by atoms with E-state index in [4.69, 9.17) is 0 Å². The molecule has 1 rings (SSSR count). The number of nitrogens with one attached hydrogen (secondary N) is 1. The summed E-state index contributed by atoms with van der Waals surface area (Å²) in [6.07, 6.45) is 0. The number of halogens is 1. The summed E-state index contributed by atoms with van der Waals surface area (Å²) in [4.78, 5) is 0. The average Bonchev–Trinajstić information content (AvgIpc) is 2.08. The van der Waals surface area contributed by atoms with Gasteiger partial charge in [-0.15, -0.1) is 0 Å². The van der Waals surface area contributed by atoms with Crippen LogP contribution in [0.3, 0.4) is 0 Å². The Hall–Kier alpha value is -0.540. The molecule has 0 radical (unpaired) electrons. The number of phenolic OH excluding ortho intramolecular Hbond substituents is 1. The molecule has 2 nitrogen and oxygen atoms in total. The molecule has 0 bridgehead atoms. The van der Waals surface area contributed by atoms with Gasteiger partial charge in [0.1, 0.15) is 5.75 Å². The summed E-state index contributed by atoms with van der Waals surface area (Å²) >= 11 is 3.33. The van der Waals surface area contributed by atoms with E-state index in [0.717, 1.165) is 15.6 Å². The van der Waals surface area contributed by atoms with Crippen LogP contribution in [-0.4, -0.2) is 11.1 Å². The second kappa shape index (κ2) is 4.80. The minimum absolute atomic E-state index is 0.337. The van der Waals surface area contributed by atoms with Crippen molar-refractivity contribution < 1.29 is 5.11 Å². The molecule has 0 spiro atoms. The summed E-state index contributed by atoms with van der Waals surface area (Å²) in [6, 6.07) is 4.33. The average molecular weight is 258 g/mol. The Morgan fingerprint density at radius 1 is 1.43 bits per heavy atom. The summed E-state index contributed by atoms with van der Waals surface area (Å²) in [5.41, 5.74) is 2.08. The highest BCUT2D eigenvalue weighted by atomic mass is 79.9. The van der Waals surface area contributed by atoms with E-state index in [0.29, 0.717) is 18.3 Å². The Morgan fingerprint density at radius 3 is 2.64 bits per heavy atom. The first-order valence-corrected chi connectivity index (χ1v) is 5.51. The zero-order valence-corrected chi connectivity index (χ0v) is 10.4. The summed E-state index contributed by atoms with van der Waals surface area (Å²) < 4.78 is 0.762. The molecule has 14 heavy (non-hydrogen) atoms. The lowest BCUT2D eigenvalue weighted by molar-refractivity contribution is 0.458. The third-order valence-electron chi connectivity index (χ3n) is 1.99. The number of aryl methyl sites for hydroxylation is 1. The summed E-state index contributed by atoms with van der Waals surface area (Å²) in [6.45, 7) is 6.89. The number of aromatic hydroxyl groups is 1. The molecule has 0 fully saturated rings. The maximum Gasteiger partial charge on any atom is 0.134 e. The molecular formula is C11H16BrNO. The van der Waals surface area contributed by atoms with Crippen molar-refractivity contribution >= 4 is 15.9 Å². The van der Waals surface area contributed by atoms with E-state index in [2.05, 4.69) is 35.1 Å². The van der Waals surface area contributed by atoms with Crippen molar-refractivity contribution in [1.82, 2.24) is 5.32 Å². The molecular weight excluding hydrogens is 242 g/mol. The van der Waals surface area contributed by atoms with Gasteiger partial charge in [0, 0.05) is 18.2 Å². The van der Waals surface area contributed by atoms with Gasteiger partial charge in [-0.1, -0.05) is 19.9 Å². The Morgan fingerprint density at radius 2 is 2.07 bits per heavy atom. The first-order chi connectivity index (χ1) is 6.50. The van der Waals surface area contributed by atoms with E-state index in [1.165, 1.54) is 0 Å². The summed E-state index contributed by atoms with van der Waals surface area (Å²) in [5, 5.41) is 13.0. The summed E-state index contributed by atoms with van der Waals surface area (Å²) in [7, 11) is 0. The second-order valence-corrected chi connectivity index (χ2v) is 4.64. The minimum atomic E-state index is 0.337. The zero-order chi connectivity index (χ0) is 10.7. The van der Waals surface area contributed by atoms with E-state index >= 15 is 0 Å². The van der Waals surface area contributed by atoms with Gasteiger partial charge in [-0.2, -0.15) is 0 Å². The molecule has 0 unspecified atom stereocenters. The van der Waals surface area contributed by atoms with Crippen LogP contribution in [0, 0.1) is 6.92 Å². The number of hydrogen-bond acceptors (Lipinski definition) is 2. The quantitative estimate of drug-likeness (QED) is 0.873. The number of hydrogen-bond donors (Lipinski definition) is 2. The molecule has 0 aliphatic rings. The van der Waals surface area contributed by atoms with Crippen molar-refractivity contribution in [1.29, 1.82) is 0 Å². The fraction of sp³-hybridized carbons (Fsp3) is 0.455. The Labute approximate surface area is 93.5 Å². The topological polar surface area (TPSA) is 32.3 Å². The van der Waals surface area contributed by atoms with Gasteiger partial charge in [-0.3, -0.25) is 0 Å². The maximum atomic E-state index is 9.75. The third-order valence-corrected chi connectivity index (χ3v) is 2.59. The highest BCUT2D eigenvalue weighted by Crippen LogP contribution is 2.29. The predicted octanol–water partition coefficient (Wildman–Crippen LogP) is 2.96. The Bertz CT molecular complexity index is 323. The van der Waals surface area contributed by atoms with Gasteiger partial charge in [0.25, 0.3) is 0 Å². The van der Waals surface area contributed by atoms with Crippen molar-refractivity contribution in [2.24, 2.45) is 0 Å². The van der Waals surface area contributed by atoms with Gasteiger partial charge >= 0.3 is 0 Å². The van der Waals surface area contributed by atoms with Crippen LogP contribution < -0.4 is 5.32 Å². The van der Waals surface area contributed by atoms with Crippen molar-refractivity contribution in [3.8, 4) is 5.75 Å². The third kappa shape index (κ3) is 3.00. The van der Waals surface area contributed by atoms with Crippen molar-refractivity contribution in [2.75, 3.05) is 0 Å². The Kier molecular flexibility index (Phi) is 3.96. The molecule has 0 saturated heterocycles. The van der Waals surface area contributed by atoms with Gasteiger partial charge in [0.2, 0.25) is 0 Å². The van der Waals surface area contributed by atoms with Crippen LogP contribution in [-0.2, 0) is 6.54 Å². The van der Waals surface area contributed by atoms with Gasteiger partial charge in [-0.05, 0) is 34.5 Å². The lowest BCUT2D eigenvalue weighted by Gasteiger charge is -2.11. The predicted molar refractivity (Wildman–Crippen MR) is 62.5 cm³/mol. The van der Waals surface area contributed by atoms with Crippen LogP contribution in [0.4, 0.5) is 0 Å². The molecule has 0 amide bonds. The van der Waals surface area contributed by atoms with Gasteiger partial charge in [0.15, 0.2) is 0 Å². The van der Waals surface area contributed by atoms with E-state index < -0.39 is 0 Å². The zero-order valence-electron chi connectivity index (χ0n) is 8.76. The fourth-order valence-corrected chi connectivity index (χ4v) is 1.87. The standard InChI is InChI=1S/C11H16BrNO/c1-7(2)13-6-9-4-8(3)5-10(12)11(9)14/h4-5,7,13-14H,6H2,1-3H3. The lowest BCUT2D eigenvalue weighted by atomic mass is 10.1. The molecule has 1 aromatic carbocycles. The smallest absolute Gasteiger partial charge is 0.134 e. The van der Waals surface area contributed by atoms with Gasteiger partial charge in [-0.25, -0.2) is 0 Å². The molecule has 1 aromatic rings.